The number of carbonyl (C=O) groups is 2. The molecule has 0 spiro atoms. The van der Waals surface area contributed by atoms with Gasteiger partial charge in [-0.25, -0.2) is 13.2 Å². The lowest BCUT2D eigenvalue weighted by Gasteiger charge is -2.20. The van der Waals surface area contributed by atoms with Crippen molar-refractivity contribution in [2.24, 2.45) is 0 Å². The number of amides is 1. The van der Waals surface area contributed by atoms with Crippen LogP contribution in [0.25, 0.3) is 0 Å². The van der Waals surface area contributed by atoms with Gasteiger partial charge in [-0.15, -0.1) is 0 Å². The molecule has 0 aromatic heterocycles. The Labute approximate surface area is 204 Å². The minimum Gasteiger partial charge on any atom is -0.497 e. The summed E-state index contributed by atoms with van der Waals surface area (Å²) in [5.41, 5.74) is 0.432. The van der Waals surface area contributed by atoms with Crippen LogP contribution in [-0.4, -0.2) is 54.2 Å². The van der Waals surface area contributed by atoms with Crippen molar-refractivity contribution in [3.05, 3.63) is 84.4 Å². The van der Waals surface area contributed by atoms with Gasteiger partial charge in [-0.3, -0.25) is 9.10 Å². The summed E-state index contributed by atoms with van der Waals surface area (Å²) in [5.74, 6) is -0.0412. The average molecular weight is 499 g/mol. The zero-order valence-corrected chi connectivity index (χ0v) is 20.2. The highest BCUT2D eigenvalue weighted by Gasteiger charge is 2.23. The van der Waals surface area contributed by atoms with Crippen molar-refractivity contribution in [1.82, 2.24) is 5.32 Å². The summed E-state index contributed by atoms with van der Waals surface area (Å²) in [7, 11) is -1.02. The second-order valence-corrected chi connectivity index (χ2v) is 9.26. The van der Waals surface area contributed by atoms with Gasteiger partial charge >= 0.3 is 5.97 Å². The number of rotatable bonds is 11. The van der Waals surface area contributed by atoms with Gasteiger partial charge < -0.3 is 19.5 Å². The van der Waals surface area contributed by atoms with Gasteiger partial charge in [0.2, 0.25) is 0 Å². The molecule has 0 unspecified atom stereocenters. The second kappa shape index (κ2) is 11.9. The first-order chi connectivity index (χ1) is 16.8. The molecule has 3 rings (SSSR count). The topological polar surface area (TPSA) is 111 Å². The van der Waals surface area contributed by atoms with E-state index >= 15 is 0 Å². The van der Waals surface area contributed by atoms with E-state index in [-0.39, 0.29) is 23.6 Å². The van der Waals surface area contributed by atoms with Crippen LogP contribution in [0.4, 0.5) is 5.69 Å². The van der Waals surface area contributed by atoms with E-state index in [0.29, 0.717) is 17.2 Å². The van der Waals surface area contributed by atoms with Crippen molar-refractivity contribution in [3.63, 3.8) is 0 Å². The van der Waals surface area contributed by atoms with Crippen molar-refractivity contribution < 1.29 is 32.2 Å². The second-order valence-electron chi connectivity index (χ2n) is 7.29. The van der Waals surface area contributed by atoms with Crippen molar-refractivity contribution >= 4 is 27.6 Å². The molecular formula is C25H26N2O7S. The van der Waals surface area contributed by atoms with Crippen molar-refractivity contribution in [1.29, 1.82) is 0 Å². The zero-order chi connectivity index (χ0) is 25.3. The quantitative estimate of drug-likeness (QED) is 0.320. The lowest BCUT2D eigenvalue weighted by molar-refractivity contribution is -0.124. The van der Waals surface area contributed by atoms with Crippen LogP contribution in [0.3, 0.4) is 0 Å². The molecule has 0 aliphatic heterocycles. The number of methoxy groups -OCH3 is 1. The van der Waals surface area contributed by atoms with Crippen LogP contribution in [0, 0.1) is 0 Å². The molecule has 1 N–H and O–H groups in total. The first-order valence-corrected chi connectivity index (χ1v) is 12.1. The lowest BCUT2D eigenvalue weighted by Crippen LogP contribution is -2.32. The number of anilines is 1. The predicted molar refractivity (Wildman–Crippen MR) is 130 cm³/mol. The molecule has 0 radical (unpaired) electrons. The predicted octanol–water partition coefficient (Wildman–Crippen LogP) is 2.87. The first-order valence-electron chi connectivity index (χ1n) is 10.7. The van der Waals surface area contributed by atoms with Crippen molar-refractivity contribution in [2.45, 2.75) is 4.90 Å². The summed E-state index contributed by atoms with van der Waals surface area (Å²) in [4.78, 5) is 24.3. The Kier molecular flexibility index (Phi) is 8.69. The molecule has 0 saturated carbocycles. The number of hydrogen-bond acceptors (Lipinski definition) is 7. The summed E-state index contributed by atoms with van der Waals surface area (Å²) >= 11 is 0. The maximum Gasteiger partial charge on any atom is 0.338 e. The minimum atomic E-state index is -3.95. The van der Waals surface area contributed by atoms with Crippen LogP contribution in [-0.2, 0) is 19.6 Å². The van der Waals surface area contributed by atoms with E-state index in [1.54, 1.807) is 36.4 Å². The molecule has 10 heteroatoms. The molecule has 1 amide bonds. The van der Waals surface area contributed by atoms with E-state index in [2.05, 4.69) is 5.32 Å². The SMILES string of the molecule is COc1ccc(N(C)S(=O)(=O)c2cccc(C(=O)OCC(=O)NCCOc3ccccc3)c2)cc1. The molecule has 3 aromatic carbocycles. The Morgan fingerprint density at radius 3 is 2.31 bits per heavy atom. The molecule has 0 bridgehead atoms. The largest absolute Gasteiger partial charge is 0.497 e. The Bertz CT molecular complexity index is 1250. The van der Waals surface area contributed by atoms with Gasteiger partial charge in [-0.2, -0.15) is 0 Å². The highest BCUT2D eigenvalue weighted by atomic mass is 32.2. The molecule has 0 fully saturated rings. The molecule has 0 heterocycles. The van der Waals surface area contributed by atoms with Crippen LogP contribution >= 0.6 is 0 Å². The van der Waals surface area contributed by atoms with E-state index in [1.807, 2.05) is 18.2 Å². The Hall–Kier alpha value is -4.05. The van der Waals surface area contributed by atoms with Crippen LogP contribution in [0.1, 0.15) is 10.4 Å². The molecule has 0 saturated heterocycles. The van der Waals surface area contributed by atoms with Gasteiger partial charge in [0.15, 0.2) is 6.61 Å². The van der Waals surface area contributed by atoms with Crippen LogP contribution in [0.5, 0.6) is 11.5 Å². The molecule has 9 nitrogen and oxygen atoms in total. The summed E-state index contributed by atoms with van der Waals surface area (Å²) in [5, 5.41) is 2.58. The number of para-hydroxylation sites is 1. The minimum absolute atomic E-state index is 0.00872. The van der Waals surface area contributed by atoms with E-state index < -0.39 is 28.5 Å². The first kappa shape index (κ1) is 25.6. The molecule has 184 valence electrons. The highest BCUT2D eigenvalue weighted by molar-refractivity contribution is 7.92. The molecule has 3 aromatic rings. The summed E-state index contributed by atoms with van der Waals surface area (Å²) in [6.07, 6.45) is 0. The lowest BCUT2D eigenvalue weighted by atomic mass is 10.2. The number of benzene rings is 3. The maximum absolute atomic E-state index is 13.0. The fourth-order valence-electron chi connectivity index (χ4n) is 3.01. The third-order valence-corrected chi connectivity index (χ3v) is 6.72. The van der Waals surface area contributed by atoms with E-state index in [0.717, 1.165) is 4.31 Å². The monoisotopic (exact) mass is 498 g/mol. The van der Waals surface area contributed by atoms with Gasteiger partial charge in [-0.1, -0.05) is 24.3 Å². The zero-order valence-electron chi connectivity index (χ0n) is 19.3. The third kappa shape index (κ3) is 6.97. The van der Waals surface area contributed by atoms with Gasteiger partial charge in [0.1, 0.15) is 18.1 Å². The Morgan fingerprint density at radius 2 is 1.63 bits per heavy atom. The van der Waals surface area contributed by atoms with Gasteiger partial charge in [0.05, 0.1) is 29.8 Å². The molecule has 0 atom stereocenters. The summed E-state index contributed by atoms with van der Waals surface area (Å²) < 4.78 is 42.8. The Morgan fingerprint density at radius 1 is 0.914 bits per heavy atom. The number of hydrogen-bond donors (Lipinski definition) is 1. The van der Waals surface area contributed by atoms with Gasteiger partial charge in [-0.05, 0) is 54.6 Å². The molecule has 0 aliphatic rings. The van der Waals surface area contributed by atoms with Crippen LogP contribution < -0.4 is 19.1 Å². The number of nitrogens with zero attached hydrogens (tertiary/aromatic N) is 1. The van der Waals surface area contributed by atoms with Crippen LogP contribution in [0.15, 0.2) is 83.8 Å². The van der Waals surface area contributed by atoms with Crippen molar-refractivity contribution in [2.75, 3.05) is 38.2 Å². The normalized spacial score (nSPS) is 10.8. The molecular weight excluding hydrogens is 472 g/mol. The maximum atomic E-state index is 13.0. The fourth-order valence-corrected chi connectivity index (χ4v) is 4.26. The molecule has 35 heavy (non-hydrogen) atoms. The fraction of sp³-hybridized carbons (Fsp3) is 0.200. The summed E-state index contributed by atoms with van der Waals surface area (Å²) in [6.45, 7) is -0.0189. The van der Waals surface area contributed by atoms with E-state index in [9.17, 15) is 18.0 Å². The smallest absolute Gasteiger partial charge is 0.338 e. The Balaban J connectivity index is 1.54. The van der Waals surface area contributed by atoms with Gasteiger partial charge in [0.25, 0.3) is 15.9 Å². The number of nitrogens with one attached hydrogen (secondary N) is 1. The highest BCUT2D eigenvalue weighted by Crippen LogP contribution is 2.25. The van der Waals surface area contributed by atoms with E-state index in [4.69, 9.17) is 14.2 Å². The average Bonchev–Trinajstić information content (AvgIpc) is 2.90. The number of carbonyl (C=O) groups excluding carboxylic acids is 2. The number of esters is 1. The number of ether oxygens (including phenoxy) is 3. The summed E-state index contributed by atoms with van der Waals surface area (Å²) in [6, 6.07) is 21.1. The number of sulfonamides is 1. The third-order valence-electron chi connectivity index (χ3n) is 4.93. The van der Waals surface area contributed by atoms with Gasteiger partial charge in [0, 0.05) is 7.05 Å². The van der Waals surface area contributed by atoms with E-state index in [1.165, 1.54) is 38.4 Å². The molecule has 0 aliphatic carbocycles. The standard InChI is InChI=1S/C25H26N2O7S/c1-27(20-11-13-21(32-2)14-12-20)35(30,31)23-10-6-7-19(17-23)25(29)34-18-24(28)26-15-16-33-22-8-4-3-5-9-22/h3-14,17H,15-16,18H2,1-2H3,(H,26,28). The van der Waals surface area contributed by atoms with Crippen molar-refractivity contribution in [3.8, 4) is 11.5 Å². The van der Waals surface area contributed by atoms with Crippen LogP contribution in [0.2, 0.25) is 0 Å².